The highest BCUT2D eigenvalue weighted by Crippen LogP contribution is 2.09. The van der Waals surface area contributed by atoms with Crippen LogP contribution in [0.4, 0.5) is 0 Å². The fraction of sp³-hybridized carbons (Fsp3) is 0.533. The van der Waals surface area contributed by atoms with E-state index in [0.717, 1.165) is 31.6 Å². The predicted molar refractivity (Wildman–Crippen MR) is 81.8 cm³/mol. The van der Waals surface area contributed by atoms with E-state index >= 15 is 0 Å². The molecule has 110 valence electrons. The number of nitrogens with one attached hydrogen (secondary N) is 2. The van der Waals surface area contributed by atoms with Crippen molar-refractivity contribution in [2.45, 2.75) is 25.9 Å². The van der Waals surface area contributed by atoms with Gasteiger partial charge in [-0.15, -0.1) is 0 Å². The molecule has 0 saturated carbocycles. The van der Waals surface area contributed by atoms with Gasteiger partial charge >= 0.3 is 0 Å². The topological polar surface area (TPSA) is 44.4 Å². The van der Waals surface area contributed by atoms with Crippen molar-refractivity contribution in [3.05, 3.63) is 34.9 Å². The van der Waals surface area contributed by atoms with Crippen LogP contribution in [0.1, 0.15) is 18.9 Å². The Labute approximate surface area is 125 Å². The monoisotopic (exact) mass is 295 g/mol. The summed E-state index contributed by atoms with van der Waals surface area (Å²) in [7, 11) is 0. The Balaban J connectivity index is 1.77. The summed E-state index contributed by atoms with van der Waals surface area (Å²) in [5.41, 5.74) is 1.06. The Morgan fingerprint density at radius 3 is 2.65 bits per heavy atom. The Morgan fingerprint density at radius 1 is 1.40 bits per heavy atom. The second-order valence-electron chi connectivity index (χ2n) is 5.19. The van der Waals surface area contributed by atoms with Crippen molar-refractivity contribution >= 4 is 17.5 Å². The van der Waals surface area contributed by atoms with Gasteiger partial charge in [0.1, 0.15) is 0 Å². The summed E-state index contributed by atoms with van der Waals surface area (Å²) in [6.07, 6.45) is 1.07. The molecule has 5 heteroatoms. The number of hydrogen-bond donors (Lipinski definition) is 2. The zero-order valence-electron chi connectivity index (χ0n) is 11.9. The number of amides is 1. The summed E-state index contributed by atoms with van der Waals surface area (Å²) in [6, 6.07) is 8.06. The Hall–Kier alpha value is -1.10. The van der Waals surface area contributed by atoms with Gasteiger partial charge in [-0.1, -0.05) is 30.7 Å². The van der Waals surface area contributed by atoms with Gasteiger partial charge in [0.25, 0.3) is 0 Å². The molecule has 0 aromatic heterocycles. The van der Waals surface area contributed by atoms with E-state index in [4.69, 9.17) is 11.6 Å². The number of benzene rings is 1. The first-order chi connectivity index (χ1) is 9.69. The first kappa shape index (κ1) is 15.3. The number of rotatable bonds is 7. The third kappa shape index (κ3) is 4.47. The van der Waals surface area contributed by atoms with Crippen LogP contribution < -0.4 is 10.6 Å². The molecule has 0 spiro atoms. The molecule has 4 nitrogen and oxygen atoms in total. The Morgan fingerprint density at radius 2 is 2.10 bits per heavy atom. The predicted octanol–water partition coefficient (Wildman–Crippen LogP) is 1.64. The maximum Gasteiger partial charge on any atom is 0.234 e. The SMILES string of the molecule is CCCN(CC(=O)NCc1ccc(Cl)cc1)C1CNC1. The largest absolute Gasteiger partial charge is 0.351 e. The summed E-state index contributed by atoms with van der Waals surface area (Å²) in [6.45, 7) is 6.13. The van der Waals surface area contributed by atoms with E-state index in [1.807, 2.05) is 24.3 Å². The van der Waals surface area contributed by atoms with Gasteiger partial charge in [-0.3, -0.25) is 9.69 Å². The van der Waals surface area contributed by atoms with Gasteiger partial charge in [-0.25, -0.2) is 0 Å². The second-order valence-corrected chi connectivity index (χ2v) is 5.62. The van der Waals surface area contributed by atoms with Crippen molar-refractivity contribution in [1.82, 2.24) is 15.5 Å². The van der Waals surface area contributed by atoms with Crippen LogP contribution in [0.5, 0.6) is 0 Å². The number of carbonyl (C=O) groups is 1. The normalized spacial score (nSPS) is 15.2. The van der Waals surface area contributed by atoms with E-state index in [0.29, 0.717) is 24.2 Å². The highest BCUT2D eigenvalue weighted by atomic mass is 35.5. The minimum atomic E-state index is 0.0836. The molecule has 1 amide bonds. The molecule has 1 aromatic carbocycles. The Bertz CT molecular complexity index is 431. The molecule has 1 aliphatic rings. The smallest absolute Gasteiger partial charge is 0.234 e. The molecule has 1 saturated heterocycles. The van der Waals surface area contributed by atoms with Crippen LogP contribution in [0.2, 0.25) is 5.02 Å². The van der Waals surface area contributed by atoms with E-state index in [9.17, 15) is 4.79 Å². The molecule has 2 N–H and O–H groups in total. The van der Waals surface area contributed by atoms with Gasteiger partial charge in [0.05, 0.1) is 6.54 Å². The minimum Gasteiger partial charge on any atom is -0.351 e. The second kappa shape index (κ2) is 7.62. The van der Waals surface area contributed by atoms with Crippen LogP contribution in [0, 0.1) is 0 Å². The van der Waals surface area contributed by atoms with Gasteiger partial charge in [-0.2, -0.15) is 0 Å². The van der Waals surface area contributed by atoms with Crippen molar-refractivity contribution < 1.29 is 4.79 Å². The summed E-state index contributed by atoms with van der Waals surface area (Å²) in [5.74, 6) is 0.0836. The van der Waals surface area contributed by atoms with Gasteiger partial charge < -0.3 is 10.6 Å². The number of carbonyl (C=O) groups excluding carboxylic acids is 1. The van der Waals surface area contributed by atoms with Crippen LogP contribution in [0.25, 0.3) is 0 Å². The molecule has 1 aliphatic heterocycles. The summed E-state index contributed by atoms with van der Waals surface area (Å²) >= 11 is 5.84. The van der Waals surface area contributed by atoms with E-state index in [2.05, 4.69) is 22.5 Å². The standard InChI is InChI=1S/C15H22ClN3O/c1-2-7-19(14-9-17-10-14)11-15(20)18-8-12-3-5-13(16)6-4-12/h3-6,14,17H,2,7-11H2,1H3,(H,18,20). The van der Waals surface area contributed by atoms with Gasteiger partial charge in [0.15, 0.2) is 0 Å². The van der Waals surface area contributed by atoms with E-state index in [1.165, 1.54) is 0 Å². The lowest BCUT2D eigenvalue weighted by atomic mass is 10.1. The molecule has 1 heterocycles. The van der Waals surface area contributed by atoms with Crippen LogP contribution in [-0.2, 0) is 11.3 Å². The molecule has 20 heavy (non-hydrogen) atoms. The maximum absolute atomic E-state index is 12.0. The molecule has 1 fully saturated rings. The van der Waals surface area contributed by atoms with E-state index in [1.54, 1.807) is 0 Å². The fourth-order valence-corrected chi connectivity index (χ4v) is 2.38. The van der Waals surface area contributed by atoms with Crippen LogP contribution in [0.15, 0.2) is 24.3 Å². The molecule has 1 aromatic rings. The van der Waals surface area contributed by atoms with E-state index in [-0.39, 0.29) is 5.91 Å². The Kier molecular flexibility index (Phi) is 5.83. The molecular weight excluding hydrogens is 274 g/mol. The molecule has 0 atom stereocenters. The molecular formula is C15H22ClN3O. The average molecular weight is 296 g/mol. The van der Waals surface area contributed by atoms with E-state index < -0.39 is 0 Å². The highest BCUT2D eigenvalue weighted by Gasteiger charge is 2.25. The number of halogens is 1. The van der Waals surface area contributed by atoms with Crippen molar-refractivity contribution in [3.63, 3.8) is 0 Å². The highest BCUT2D eigenvalue weighted by molar-refractivity contribution is 6.30. The quantitative estimate of drug-likeness (QED) is 0.804. The third-order valence-corrected chi connectivity index (χ3v) is 3.79. The maximum atomic E-state index is 12.0. The lowest BCUT2D eigenvalue weighted by Crippen LogP contribution is -2.59. The molecule has 0 unspecified atom stereocenters. The molecule has 0 bridgehead atoms. The van der Waals surface area contributed by atoms with Gasteiger partial charge in [0, 0.05) is 30.7 Å². The third-order valence-electron chi connectivity index (χ3n) is 3.54. The van der Waals surface area contributed by atoms with Crippen LogP contribution >= 0.6 is 11.6 Å². The van der Waals surface area contributed by atoms with Crippen molar-refractivity contribution in [2.24, 2.45) is 0 Å². The van der Waals surface area contributed by atoms with Gasteiger partial charge in [-0.05, 0) is 30.7 Å². The van der Waals surface area contributed by atoms with Crippen LogP contribution in [0.3, 0.4) is 0 Å². The number of nitrogens with zero attached hydrogens (tertiary/aromatic N) is 1. The average Bonchev–Trinajstić information content (AvgIpc) is 2.36. The summed E-state index contributed by atoms with van der Waals surface area (Å²) < 4.78 is 0. The summed E-state index contributed by atoms with van der Waals surface area (Å²) in [4.78, 5) is 14.3. The lowest BCUT2D eigenvalue weighted by Gasteiger charge is -2.37. The number of hydrogen-bond acceptors (Lipinski definition) is 3. The first-order valence-corrected chi connectivity index (χ1v) is 7.52. The fourth-order valence-electron chi connectivity index (χ4n) is 2.25. The van der Waals surface area contributed by atoms with Gasteiger partial charge in [0.2, 0.25) is 5.91 Å². The summed E-state index contributed by atoms with van der Waals surface area (Å²) in [5, 5.41) is 6.93. The zero-order valence-corrected chi connectivity index (χ0v) is 12.6. The van der Waals surface area contributed by atoms with Crippen molar-refractivity contribution in [3.8, 4) is 0 Å². The van der Waals surface area contributed by atoms with Crippen molar-refractivity contribution in [2.75, 3.05) is 26.2 Å². The molecule has 0 aliphatic carbocycles. The van der Waals surface area contributed by atoms with Crippen LogP contribution in [-0.4, -0.2) is 43.0 Å². The minimum absolute atomic E-state index is 0.0836. The van der Waals surface area contributed by atoms with Crippen molar-refractivity contribution in [1.29, 1.82) is 0 Å². The molecule has 0 radical (unpaired) electrons. The lowest BCUT2D eigenvalue weighted by molar-refractivity contribution is -0.123. The first-order valence-electron chi connectivity index (χ1n) is 7.15. The molecule has 2 rings (SSSR count). The zero-order chi connectivity index (χ0) is 14.4.